The molecule has 0 unspecified atom stereocenters. The lowest BCUT2D eigenvalue weighted by molar-refractivity contribution is -0.384. The number of non-ortho nitro benzene ring substituents is 1. The molecule has 0 bridgehead atoms. The smallest absolute Gasteiger partial charge is 0.270 e. The SMILES string of the molecule is O=c1[nH]c2ccc([N+](=O)[O-])cc2c(N[C@H](CCO)C2CC2)c1Br. The van der Waals surface area contributed by atoms with E-state index in [9.17, 15) is 20.0 Å². The average molecular weight is 382 g/mol. The number of hydrogen-bond donors (Lipinski definition) is 3. The van der Waals surface area contributed by atoms with Gasteiger partial charge < -0.3 is 15.4 Å². The number of fused-ring (bicyclic) bond motifs is 1. The van der Waals surface area contributed by atoms with E-state index in [1.54, 1.807) is 0 Å². The van der Waals surface area contributed by atoms with Crippen molar-refractivity contribution in [2.24, 2.45) is 5.92 Å². The van der Waals surface area contributed by atoms with Crippen molar-refractivity contribution in [3.05, 3.63) is 43.1 Å². The van der Waals surface area contributed by atoms with Gasteiger partial charge in [-0.1, -0.05) is 0 Å². The van der Waals surface area contributed by atoms with Crippen LogP contribution >= 0.6 is 15.9 Å². The quantitative estimate of drug-likeness (QED) is 0.526. The molecule has 0 amide bonds. The second-order valence-corrected chi connectivity index (χ2v) is 6.52. The number of anilines is 1. The Labute approximate surface area is 140 Å². The molecule has 1 aromatic heterocycles. The monoisotopic (exact) mass is 381 g/mol. The fourth-order valence-corrected chi connectivity index (χ4v) is 3.19. The lowest BCUT2D eigenvalue weighted by Gasteiger charge is -2.20. The van der Waals surface area contributed by atoms with Gasteiger partial charge in [-0.2, -0.15) is 0 Å². The first-order valence-electron chi connectivity index (χ1n) is 7.38. The zero-order valence-electron chi connectivity index (χ0n) is 12.2. The largest absolute Gasteiger partial charge is 0.396 e. The number of hydrogen-bond acceptors (Lipinski definition) is 5. The van der Waals surface area contributed by atoms with E-state index >= 15 is 0 Å². The minimum Gasteiger partial charge on any atom is -0.396 e. The van der Waals surface area contributed by atoms with Gasteiger partial charge >= 0.3 is 0 Å². The summed E-state index contributed by atoms with van der Waals surface area (Å²) in [6, 6.07) is 4.38. The first kappa shape index (κ1) is 15.9. The summed E-state index contributed by atoms with van der Waals surface area (Å²) >= 11 is 3.27. The average Bonchev–Trinajstić information content (AvgIpc) is 3.35. The maximum absolute atomic E-state index is 12.1. The van der Waals surface area contributed by atoms with Gasteiger partial charge in [0.25, 0.3) is 11.2 Å². The number of nitrogens with one attached hydrogen (secondary N) is 2. The Morgan fingerprint density at radius 2 is 2.22 bits per heavy atom. The number of nitro groups is 1. The van der Waals surface area contributed by atoms with Crippen LogP contribution in [0.4, 0.5) is 11.4 Å². The van der Waals surface area contributed by atoms with Crippen LogP contribution < -0.4 is 10.9 Å². The Hall–Kier alpha value is -1.93. The fraction of sp³-hybridized carbons (Fsp3) is 0.400. The number of aromatic nitrogens is 1. The van der Waals surface area contributed by atoms with E-state index in [0.717, 1.165) is 12.8 Å². The van der Waals surface area contributed by atoms with Crippen molar-refractivity contribution in [2.75, 3.05) is 11.9 Å². The van der Waals surface area contributed by atoms with Gasteiger partial charge in [-0.3, -0.25) is 14.9 Å². The van der Waals surface area contributed by atoms with Crippen LogP contribution in [0.1, 0.15) is 19.3 Å². The summed E-state index contributed by atoms with van der Waals surface area (Å²) in [6.45, 7) is 0.0487. The number of aliphatic hydroxyl groups is 1. The number of pyridine rings is 1. The molecule has 1 aliphatic carbocycles. The predicted molar refractivity (Wildman–Crippen MR) is 90.8 cm³/mol. The summed E-state index contributed by atoms with van der Waals surface area (Å²) in [5, 5.41) is 24.1. The molecule has 1 aromatic carbocycles. The normalized spacial score (nSPS) is 15.6. The standard InChI is InChI=1S/C15H16BrN3O4/c16-13-14(17-11(5-6-20)8-1-2-8)10-7-9(19(22)23)3-4-12(10)18-15(13)21/h3-4,7-8,11,20H,1-2,5-6H2,(H2,17,18,21)/t11-/m1/s1. The first-order chi connectivity index (χ1) is 11.0. The van der Waals surface area contributed by atoms with Gasteiger partial charge in [0.05, 0.1) is 16.1 Å². The molecule has 1 saturated carbocycles. The van der Waals surface area contributed by atoms with Crippen LogP contribution in [-0.2, 0) is 0 Å². The topological polar surface area (TPSA) is 108 Å². The Kier molecular flexibility index (Phi) is 4.36. The molecule has 1 heterocycles. The molecule has 0 aliphatic heterocycles. The number of aliphatic hydroxyl groups excluding tert-OH is 1. The molecule has 2 aromatic rings. The van der Waals surface area contributed by atoms with E-state index in [4.69, 9.17) is 0 Å². The van der Waals surface area contributed by atoms with Crippen LogP contribution in [0.5, 0.6) is 0 Å². The maximum atomic E-state index is 12.1. The Balaban J connectivity index is 2.11. The highest BCUT2D eigenvalue weighted by molar-refractivity contribution is 9.10. The van der Waals surface area contributed by atoms with Gasteiger partial charge in [0.2, 0.25) is 0 Å². The van der Waals surface area contributed by atoms with Crippen molar-refractivity contribution in [3.8, 4) is 0 Å². The fourth-order valence-electron chi connectivity index (χ4n) is 2.76. The molecular formula is C15H16BrN3O4. The molecule has 0 spiro atoms. The van der Waals surface area contributed by atoms with Gasteiger partial charge in [-0.15, -0.1) is 0 Å². The third kappa shape index (κ3) is 3.23. The van der Waals surface area contributed by atoms with Gasteiger partial charge in [0.15, 0.2) is 0 Å². The van der Waals surface area contributed by atoms with Crippen molar-refractivity contribution >= 4 is 38.2 Å². The van der Waals surface area contributed by atoms with Crippen molar-refractivity contribution < 1.29 is 10.0 Å². The summed E-state index contributed by atoms with van der Waals surface area (Å²) in [5.41, 5.74) is 0.736. The summed E-state index contributed by atoms with van der Waals surface area (Å²) in [6.07, 6.45) is 2.73. The maximum Gasteiger partial charge on any atom is 0.270 e. The van der Waals surface area contributed by atoms with Crippen LogP contribution in [-0.4, -0.2) is 27.7 Å². The van der Waals surface area contributed by atoms with Crippen LogP contribution in [0.15, 0.2) is 27.5 Å². The number of H-pyrrole nitrogens is 1. The molecule has 122 valence electrons. The Morgan fingerprint density at radius 3 is 2.83 bits per heavy atom. The Morgan fingerprint density at radius 1 is 1.48 bits per heavy atom. The molecule has 23 heavy (non-hydrogen) atoms. The Bertz CT molecular complexity index is 816. The lowest BCUT2D eigenvalue weighted by Crippen LogP contribution is -2.25. The summed E-state index contributed by atoms with van der Waals surface area (Å²) < 4.78 is 0.314. The van der Waals surface area contributed by atoms with Gasteiger partial charge in [0.1, 0.15) is 4.47 Å². The van der Waals surface area contributed by atoms with Crippen molar-refractivity contribution in [3.63, 3.8) is 0 Å². The number of benzene rings is 1. The molecule has 3 rings (SSSR count). The molecular weight excluding hydrogens is 366 g/mol. The van der Waals surface area contributed by atoms with Crippen LogP contribution in [0, 0.1) is 16.0 Å². The zero-order chi connectivity index (χ0) is 16.6. The van der Waals surface area contributed by atoms with Crippen LogP contribution in [0.3, 0.4) is 0 Å². The van der Waals surface area contributed by atoms with E-state index in [-0.39, 0.29) is 23.9 Å². The van der Waals surface area contributed by atoms with E-state index in [1.165, 1.54) is 18.2 Å². The predicted octanol–water partition coefficient (Wildman–Crippen LogP) is 2.77. The molecule has 1 aliphatic rings. The van der Waals surface area contributed by atoms with E-state index < -0.39 is 4.92 Å². The highest BCUT2D eigenvalue weighted by atomic mass is 79.9. The van der Waals surface area contributed by atoms with E-state index in [2.05, 4.69) is 26.2 Å². The molecule has 1 atom stereocenters. The molecule has 7 nitrogen and oxygen atoms in total. The van der Waals surface area contributed by atoms with E-state index in [1.807, 2.05) is 0 Å². The molecule has 0 radical (unpaired) electrons. The minimum absolute atomic E-state index is 0.0374. The molecule has 8 heteroatoms. The van der Waals surface area contributed by atoms with Crippen LogP contribution in [0.2, 0.25) is 0 Å². The van der Waals surface area contributed by atoms with Gasteiger partial charge in [-0.05, 0) is 47.2 Å². The summed E-state index contributed by atoms with van der Waals surface area (Å²) in [4.78, 5) is 25.3. The number of nitro benzene ring substituents is 1. The van der Waals surface area contributed by atoms with Gasteiger partial charge in [-0.25, -0.2) is 0 Å². The molecule has 3 N–H and O–H groups in total. The summed E-state index contributed by atoms with van der Waals surface area (Å²) in [7, 11) is 0. The summed E-state index contributed by atoms with van der Waals surface area (Å²) in [5.74, 6) is 0.460. The second-order valence-electron chi connectivity index (χ2n) is 5.73. The number of halogens is 1. The third-order valence-electron chi connectivity index (χ3n) is 4.11. The second kappa shape index (κ2) is 6.29. The zero-order valence-corrected chi connectivity index (χ0v) is 13.8. The number of rotatable bonds is 6. The lowest BCUT2D eigenvalue weighted by atomic mass is 10.1. The van der Waals surface area contributed by atoms with Crippen LogP contribution in [0.25, 0.3) is 10.9 Å². The first-order valence-corrected chi connectivity index (χ1v) is 8.18. The highest BCUT2D eigenvalue weighted by Crippen LogP contribution is 2.38. The van der Waals surface area contributed by atoms with Crippen molar-refractivity contribution in [1.82, 2.24) is 4.98 Å². The molecule has 1 fully saturated rings. The van der Waals surface area contributed by atoms with Gasteiger partial charge in [0, 0.05) is 30.2 Å². The third-order valence-corrected chi connectivity index (χ3v) is 4.87. The number of nitrogens with zero attached hydrogens (tertiary/aromatic N) is 1. The highest BCUT2D eigenvalue weighted by Gasteiger charge is 2.31. The van der Waals surface area contributed by atoms with Crippen molar-refractivity contribution in [2.45, 2.75) is 25.3 Å². The van der Waals surface area contributed by atoms with Crippen molar-refractivity contribution in [1.29, 1.82) is 0 Å². The molecule has 0 saturated heterocycles. The van der Waals surface area contributed by atoms with E-state index in [0.29, 0.717) is 33.4 Å². The minimum atomic E-state index is -0.464. The number of aromatic amines is 1.